The molecule has 17 nitrogen and oxygen atoms in total. The highest BCUT2D eigenvalue weighted by molar-refractivity contribution is 5.98. The second kappa shape index (κ2) is 27.8. The maximum absolute atomic E-state index is 12.7. The van der Waals surface area contributed by atoms with Crippen LogP contribution >= 0.6 is 0 Å². The molecule has 1 amide bonds. The topological polar surface area (TPSA) is 277 Å². The molecule has 6 aromatic rings. The van der Waals surface area contributed by atoms with Crippen molar-refractivity contribution in [1.82, 2.24) is 25.7 Å². The number of Topliss-reactive ketones (excluding diaryl/α,β-unsaturated/α-hetero) is 2. The van der Waals surface area contributed by atoms with E-state index in [-0.39, 0.29) is 73.9 Å². The van der Waals surface area contributed by atoms with Crippen LogP contribution < -0.4 is 11.1 Å². The molecule has 4 atom stereocenters. The average Bonchev–Trinajstić information content (AvgIpc) is 4.04. The summed E-state index contributed by atoms with van der Waals surface area (Å²) in [6.45, 7) is 6.45. The number of aromatic carboxylic acids is 1. The lowest BCUT2D eigenvalue weighted by Gasteiger charge is -2.21. The van der Waals surface area contributed by atoms with Gasteiger partial charge in [0.15, 0.2) is 23.8 Å². The highest BCUT2D eigenvalue weighted by Gasteiger charge is 2.25. The van der Waals surface area contributed by atoms with Gasteiger partial charge >= 0.3 is 17.9 Å². The van der Waals surface area contributed by atoms with Crippen LogP contribution in [-0.4, -0.2) is 109 Å². The maximum atomic E-state index is 12.7. The molecule has 6 rings (SSSR count). The Morgan fingerprint density at radius 1 is 0.603 bits per heavy atom. The van der Waals surface area contributed by atoms with Gasteiger partial charge in [-0.05, 0) is 72.6 Å². The minimum atomic E-state index is -1.38. The van der Waals surface area contributed by atoms with Crippen LogP contribution in [0.3, 0.4) is 0 Å². The van der Waals surface area contributed by atoms with E-state index in [1.807, 2.05) is 84.9 Å². The minimum Gasteiger partial charge on any atom is -0.477 e. The molecule has 360 valence electrons. The van der Waals surface area contributed by atoms with Gasteiger partial charge in [-0.1, -0.05) is 117 Å². The molecule has 17 heteroatoms. The predicted molar refractivity (Wildman–Crippen MR) is 256 cm³/mol. The Morgan fingerprint density at radius 2 is 1.00 bits per heavy atom. The van der Waals surface area contributed by atoms with Gasteiger partial charge < -0.3 is 35.8 Å². The van der Waals surface area contributed by atoms with Crippen LogP contribution in [0.4, 0.5) is 0 Å². The summed E-state index contributed by atoms with van der Waals surface area (Å²) >= 11 is 0. The smallest absolute Gasteiger partial charge is 0.353 e. The Morgan fingerprint density at radius 3 is 1.40 bits per heavy atom. The molecule has 0 aliphatic heterocycles. The number of aliphatic hydroxyl groups excluding tert-OH is 2. The summed E-state index contributed by atoms with van der Waals surface area (Å²) in [4.78, 5) is 68.4. The summed E-state index contributed by atoms with van der Waals surface area (Å²) in [5.41, 5.74) is 12.8. The first-order chi connectivity index (χ1) is 32.1. The molecule has 0 bridgehead atoms. The van der Waals surface area contributed by atoms with Crippen molar-refractivity contribution in [3.8, 4) is 22.3 Å². The molecule has 0 saturated carbocycles. The highest BCUT2D eigenvalue weighted by atomic mass is 16.5. The number of carboxylic acid groups (broad SMARTS) is 1. The quantitative estimate of drug-likeness (QED) is 0.0341. The van der Waals surface area contributed by atoms with Crippen molar-refractivity contribution in [2.24, 2.45) is 5.73 Å². The van der Waals surface area contributed by atoms with Crippen molar-refractivity contribution in [2.45, 2.75) is 85.1 Å². The number of nitrogens with two attached hydrogens (primary N) is 1. The van der Waals surface area contributed by atoms with E-state index < -0.39 is 42.1 Å². The normalized spacial score (nSPS) is 12.2. The maximum Gasteiger partial charge on any atom is 0.353 e. The average molecular weight is 933 g/mol. The molecule has 0 aliphatic rings. The van der Waals surface area contributed by atoms with Gasteiger partial charge in [-0.25, -0.2) is 14.4 Å². The van der Waals surface area contributed by atoms with Crippen LogP contribution in [0.5, 0.6) is 0 Å². The summed E-state index contributed by atoms with van der Waals surface area (Å²) in [5.74, 6) is -3.48. The van der Waals surface area contributed by atoms with E-state index in [9.17, 15) is 39.0 Å². The van der Waals surface area contributed by atoms with Gasteiger partial charge in [0.05, 0.1) is 13.2 Å². The van der Waals surface area contributed by atoms with E-state index in [0.29, 0.717) is 12.8 Å². The van der Waals surface area contributed by atoms with Crippen molar-refractivity contribution in [3.05, 3.63) is 155 Å². The predicted octanol–water partition coefficient (Wildman–Crippen LogP) is 6.42. The molecule has 2 aromatic heterocycles. The number of ketones is 2. The Bertz CT molecular complexity index is 2500. The number of esters is 2. The molecule has 0 fully saturated rings. The lowest BCUT2D eigenvalue weighted by atomic mass is 9.97. The zero-order valence-electron chi connectivity index (χ0n) is 37.7. The standard InChI is InChI=1S/C25H27N3O5.C19H23NO3.C6H6N2O3.CH4/c1-3-33-25(32)23(30)14-20(26-24(31)22-15-21(16(2)29)27-28-22)13-17-9-11-19(12-10-17)18-7-5-4-6-8-18;1-2-23-19(22)18(21)13-17(20)12-14-8-10-16(11-9-14)15-6-4-3-5-7-15;1-3(9)4-2-5(6(10)11)8-7-4;/h4-12,15,20,23,30H,3,13-14H2,1-2H3,(H,26,31)(H,27,28);3-11,17-18,21H,2,12-13,20H2,1H3;2H,1H3,(H,7,8)(H,10,11);1H4/t20-,23-;17-,18-;;/m11../s1. The monoisotopic (exact) mass is 932 g/mol. The lowest BCUT2D eigenvalue weighted by Crippen LogP contribution is -2.41. The van der Waals surface area contributed by atoms with Crippen LogP contribution in [-0.2, 0) is 31.9 Å². The molecular formula is C51H60N6O11. The molecule has 8 N–H and O–H groups in total. The number of carboxylic acids is 1. The Labute approximate surface area is 395 Å². The first-order valence-electron chi connectivity index (χ1n) is 21.5. The van der Waals surface area contributed by atoms with Gasteiger partial charge in [0.2, 0.25) is 0 Å². The zero-order valence-corrected chi connectivity index (χ0v) is 37.7. The fraction of sp³-hybridized carbons (Fsp3) is 0.294. The molecular weight excluding hydrogens is 873 g/mol. The molecule has 0 radical (unpaired) electrons. The number of aromatic nitrogens is 4. The Hall–Kier alpha value is -7.60. The number of ether oxygens (including phenoxy) is 2. The first-order valence-corrected chi connectivity index (χ1v) is 21.5. The molecule has 68 heavy (non-hydrogen) atoms. The summed E-state index contributed by atoms with van der Waals surface area (Å²) in [6, 6.07) is 37.8. The van der Waals surface area contributed by atoms with E-state index in [4.69, 9.17) is 20.3 Å². The SMILES string of the molecule is C.CC(=O)c1cc(C(=O)O)[nH]n1.CCOC(=O)[C@H](O)C[C@@H](Cc1ccc(-c2ccccc2)cc1)NC(=O)c1cc(C(C)=O)n[nH]1.CCOC(=O)[C@H](O)C[C@H](N)Cc1ccc(-c2ccccc2)cc1. The van der Waals surface area contributed by atoms with Crippen molar-refractivity contribution >= 4 is 35.4 Å². The fourth-order valence-corrected chi connectivity index (χ4v) is 6.51. The van der Waals surface area contributed by atoms with Crippen molar-refractivity contribution in [1.29, 1.82) is 0 Å². The number of benzene rings is 4. The van der Waals surface area contributed by atoms with Crippen LogP contribution in [0.2, 0.25) is 0 Å². The van der Waals surface area contributed by atoms with Crippen molar-refractivity contribution < 1.29 is 53.6 Å². The third-order valence-corrected chi connectivity index (χ3v) is 9.94. The molecule has 2 heterocycles. The van der Waals surface area contributed by atoms with Crippen LogP contribution in [0.25, 0.3) is 22.3 Å². The number of amides is 1. The third kappa shape index (κ3) is 17.7. The lowest BCUT2D eigenvalue weighted by molar-refractivity contribution is -0.154. The third-order valence-electron chi connectivity index (χ3n) is 9.94. The number of H-pyrrole nitrogens is 2. The number of nitrogens with zero attached hydrogens (tertiary/aromatic N) is 2. The van der Waals surface area contributed by atoms with E-state index in [0.717, 1.165) is 27.8 Å². The minimum absolute atomic E-state index is 0. The van der Waals surface area contributed by atoms with Crippen LogP contribution in [0.15, 0.2) is 121 Å². The number of hydrogen-bond donors (Lipinski definition) is 7. The van der Waals surface area contributed by atoms with Gasteiger partial charge in [-0.3, -0.25) is 24.6 Å². The molecule has 0 spiro atoms. The summed E-state index contributed by atoms with van der Waals surface area (Å²) < 4.78 is 9.66. The van der Waals surface area contributed by atoms with Crippen molar-refractivity contribution in [3.63, 3.8) is 0 Å². The van der Waals surface area contributed by atoms with Crippen molar-refractivity contribution in [2.75, 3.05) is 13.2 Å². The van der Waals surface area contributed by atoms with E-state index >= 15 is 0 Å². The molecule has 0 unspecified atom stereocenters. The highest BCUT2D eigenvalue weighted by Crippen LogP contribution is 2.22. The summed E-state index contributed by atoms with van der Waals surface area (Å²) in [5, 5.41) is 43.3. The summed E-state index contributed by atoms with van der Waals surface area (Å²) in [7, 11) is 0. The van der Waals surface area contributed by atoms with Gasteiger partial charge in [-0.15, -0.1) is 0 Å². The second-order valence-electron chi connectivity index (χ2n) is 15.2. The van der Waals surface area contributed by atoms with Gasteiger partial charge in [0, 0.05) is 38.4 Å². The second-order valence-corrected chi connectivity index (χ2v) is 15.2. The molecule has 4 aromatic carbocycles. The number of rotatable bonds is 19. The Balaban J connectivity index is 0.000000302. The zero-order chi connectivity index (χ0) is 48.9. The largest absolute Gasteiger partial charge is 0.477 e. The van der Waals surface area contributed by atoms with E-state index in [1.165, 1.54) is 31.5 Å². The first kappa shape index (κ1) is 54.7. The van der Waals surface area contributed by atoms with Crippen LogP contribution in [0, 0.1) is 0 Å². The number of aliphatic hydroxyl groups is 2. The number of hydrogen-bond acceptors (Lipinski definition) is 13. The van der Waals surface area contributed by atoms with Gasteiger partial charge in [0.1, 0.15) is 22.8 Å². The Kier molecular flexibility index (Phi) is 22.4. The number of aromatic amines is 2. The number of nitrogens with one attached hydrogen (secondary N) is 3. The fourth-order valence-electron chi connectivity index (χ4n) is 6.51. The van der Waals surface area contributed by atoms with E-state index in [1.54, 1.807) is 13.8 Å². The van der Waals surface area contributed by atoms with E-state index in [2.05, 4.69) is 50.0 Å². The van der Waals surface area contributed by atoms with Gasteiger partial charge in [0.25, 0.3) is 5.91 Å². The molecule has 0 saturated heterocycles. The number of carbonyl (C=O) groups is 6. The molecule has 0 aliphatic carbocycles. The summed E-state index contributed by atoms with van der Waals surface area (Å²) in [6.07, 6.45) is -1.39. The number of carbonyl (C=O) groups excluding carboxylic acids is 5. The van der Waals surface area contributed by atoms with Gasteiger partial charge in [-0.2, -0.15) is 10.2 Å². The van der Waals surface area contributed by atoms with Crippen LogP contribution in [0.1, 0.15) is 101 Å².